The Kier molecular flexibility index (Phi) is 3.92. The molecule has 118 valence electrons. The Labute approximate surface area is 133 Å². The molecular weight excluding hydrogens is 294 g/mol. The molecule has 3 aromatic rings. The average Bonchev–Trinajstić information content (AvgIpc) is 3.16. The number of aryl methyl sites for hydroxylation is 2. The van der Waals surface area contributed by atoms with E-state index in [1.807, 2.05) is 31.2 Å². The number of benzene rings is 1. The van der Waals surface area contributed by atoms with Gasteiger partial charge in [0.05, 0.1) is 0 Å². The van der Waals surface area contributed by atoms with E-state index in [0.717, 1.165) is 11.1 Å². The van der Waals surface area contributed by atoms with Gasteiger partial charge in [-0.3, -0.25) is 4.79 Å². The van der Waals surface area contributed by atoms with E-state index in [4.69, 9.17) is 4.52 Å². The molecular formula is C16H17N5O2. The van der Waals surface area contributed by atoms with Crippen molar-refractivity contribution in [3.63, 3.8) is 0 Å². The average molecular weight is 311 g/mol. The molecule has 0 spiro atoms. The van der Waals surface area contributed by atoms with Crippen LogP contribution in [-0.2, 0) is 7.05 Å². The Bertz CT molecular complexity index is 836. The van der Waals surface area contributed by atoms with Crippen LogP contribution in [0.2, 0.25) is 0 Å². The van der Waals surface area contributed by atoms with Crippen molar-refractivity contribution < 1.29 is 9.32 Å². The third kappa shape index (κ3) is 2.98. The molecule has 23 heavy (non-hydrogen) atoms. The lowest BCUT2D eigenvalue weighted by molar-refractivity contribution is 0.0919. The second-order valence-electron chi connectivity index (χ2n) is 5.33. The molecule has 1 atom stereocenters. The minimum absolute atomic E-state index is 0.291. The van der Waals surface area contributed by atoms with Gasteiger partial charge in [-0.05, 0) is 19.4 Å². The topological polar surface area (TPSA) is 85.8 Å². The van der Waals surface area contributed by atoms with Crippen molar-refractivity contribution in [3.05, 3.63) is 53.9 Å². The van der Waals surface area contributed by atoms with Crippen LogP contribution in [0.3, 0.4) is 0 Å². The molecule has 7 heteroatoms. The highest BCUT2D eigenvalue weighted by Gasteiger charge is 2.20. The van der Waals surface area contributed by atoms with E-state index < -0.39 is 6.04 Å². The minimum atomic E-state index is -0.413. The molecule has 0 aliphatic carbocycles. The zero-order valence-corrected chi connectivity index (χ0v) is 13.1. The quantitative estimate of drug-likeness (QED) is 0.799. The normalized spacial score (nSPS) is 12.1. The number of rotatable bonds is 4. The molecule has 1 aromatic carbocycles. The predicted octanol–water partition coefficient (Wildman–Crippen LogP) is 2.27. The van der Waals surface area contributed by atoms with Crippen LogP contribution in [0.15, 0.2) is 41.2 Å². The van der Waals surface area contributed by atoms with E-state index in [-0.39, 0.29) is 5.91 Å². The second kappa shape index (κ2) is 6.04. The van der Waals surface area contributed by atoms with Crippen molar-refractivity contribution in [2.45, 2.75) is 19.9 Å². The second-order valence-corrected chi connectivity index (χ2v) is 5.33. The Morgan fingerprint density at radius 1 is 1.35 bits per heavy atom. The van der Waals surface area contributed by atoms with Gasteiger partial charge in [0.1, 0.15) is 6.04 Å². The van der Waals surface area contributed by atoms with Crippen molar-refractivity contribution in [2.75, 3.05) is 0 Å². The standard InChI is InChI=1S/C16H17N5O2/c1-10-6-4-5-7-12(10)13-19-16(23-20-13)11(2)18-15(22)14-17-8-9-21(14)3/h4-9,11H,1-3H3,(H,18,22). The van der Waals surface area contributed by atoms with E-state index in [2.05, 4.69) is 20.4 Å². The summed E-state index contributed by atoms with van der Waals surface area (Å²) in [5.74, 6) is 0.901. The molecule has 0 bridgehead atoms. The molecule has 1 unspecified atom stereocenters. The third-order valence-electron chi connectivity index (χ3n) is 3.57. The van der Waals surface area contributed by atoms with E-state index in [1.54, 1.807) is 30.9 Å². The van der Waals surface area contributed by atoms with Gasteiger partial charge in [0.2, 0.25) is 11.7 Å². The summed E-state index contributed by atoms with van der Waals surface area (Å²) in [7, 11) is 1.76. The highest BCUT2D eigenvalue weighted by molar-refractivity contribution is 5.90. The van der Waals surface area contributed by atoms with Gasteiger partial charge in [0, 0.05) is 25.0 Å². The number of carbonyl (C=O) groups is 1. The molecule has 0 radical (unpaired) electrons. The minimum Gasteiger partial charge on any atom is -0.338 e. The fourth-order valence-electron chi connectivity index (χ4n) is 2.25. The fraction of sp³-hybridized carbons (Fsp3) is 0.250. The molecule has 1 amide bonds. The molecule has 2 heterocycles. The first-order chi connectivity index (χ1) is 11.1. The largest absolute Gasteiger partial charge is 0.338 e. The van der Waals surface area contributed by atoms with Crippen LogP contribution < -0.4 is 5.32 Å². The number of hydrogen-bond acceptors (Lipinski definition) is 5. The predicted molar refractivity (Wildman–Crippen MR) is 83.6 cm³/mol. The number of amides is 1. The number of nitrogens with zero attached hydrogens (tertiary/aromatic N) is 4. The van der Waals surface area contributed by atoms with Crippen LogP contribution in [0, 0.1) is 6.92 Å². The number of imidazole rings is 1. The lowest BCUT2D eigenvalue weighted by Crippen LogP contribution is -2.29. The molecule has 3 rings (SSSR count). The van der Waals surface area contributed by atoms with Gasteiger partial charge in [-0.25, -0.2) is 4.98 Å². The van der Waals surface area contributed by atoms with Crippen LogP contribution in [0.4, 0.5) is 0 Å². The van der Waals surface area contributed by atoms with Gasteiger partial charge in [-0.1, -0.05) is 29.4 Å². The summed E-state index contributed by atoms with van der Waals surface area (Å²) >= 11 is 0. The summed E-state index contributed by atoms with van der Waals surface area (Å²) in [4.78, 5) is 20.5. The van der Waals surface area contributed by atoms with Gasteiger partial charge in [0.25, 0.3) is 5.91 Å². The molecule has 1 N–H and O–H groups in total. The maximum Gasteiger partial charge on any atom is 0.287 e. The Morgan fingerprint density at radius 2 is 2.13 bits per heavy atom. The maximum atomic E-state index is 12.2. The van der Waals surface area contributed by atoms with Gasteiger partial charge in [-0.2, -0.15) is 4.98 Å². The Hall–Kier alpha value is -2.96. The van der Waals surface area contributed by atoms with E-state index in [9.17, 15) is 4.79 Å². The maximum absolute atomic E-state index is 12.2. The first kappa shape index (κ1) is 15.0. The third-order valence-corrected chi connectivity index (χ3v) is 3.57. The molecule has 0 aliphatic heterocycles. The van der Waals surface area contributed by atoms with Gasteiger partial charge >= 0.3 is 0 Å². The van der Waals surface area contributed by atoms with E-state index >= 15 is 0 Å². The number of carbonyl (C=O) groups excluding carboxylic acids is 1. The van der Waals surface area contributed by atoms with Crippen LogP contribution in [0.25, 0.3) is 11.4 Å². The van der Waals surface area contributed by atoms with Crippen LogP contribution in [-0.4, -0.2) is 25.6 Å². The Balaban J connectivity index is 1.77. The van der Waals surface area contributed by atoms with Crippen LogP contribution >= 0.6 is 0 Å². The Morgan fingerprint density at radius 3 is 2.83 bits per heavy atom. The zero-order chi connectivity index (χ0) is 16.4. The number of hydrogen-bond donors (Lipinski definition) is 1. The highest BCUT2D eigenvalue weighted by atomic mass is 16.5. The number of aromatic nitrogens is 4. The van der Waals surface area contributed by atoms with Crippen LogP contribution in [0.5, 0.6) is 0 Å². The first-order valence-corrected chi connectivity index (χ1v) is 7.24. The van der Waals surface area contributed by atoms with Crippen molar-refractivity contribution in [2.24, 2.45) is 7.05 Å². The van der Waals surface area contributed by atoms with Crippen molar-refractivity contribution in [1.29, 1.82) is 0 Å². The van der Waals surface area contributed by atoms with Crippen LogP contribution in [0.1, 0.15) is 35.0 Å². The van der Waals surface area contributed by atoms with Gasteiger partial charge in [0.15, 0.2) is 5.82 Å². The summed E-state index contributed by atoms with van der Waals surface area (Å²) < 4.78 is 6.93. The smallest absolute Gasteiger partial charge is 0.287 e. The van der Waals surface area contributed by atoms with Gasteiger partial charge in [-0.15, -0.1) is 0 Å². The molecule has 0 aliphatic rings. The molecule has 2 aromatic heterocycles. The number of nitrogens with one attached hydrogen (secondary N) is 1. The summed E-state index contributed by atoms with van der Waals surface area (Å²) in [5, 5.41) is 6.80. The fourth-order valence-corrected chi connectivity index (χ4v) is 2.25. The van der Waals surface area contributed by atoms with Gasteiger partial charge < -0.3 is 14.4 Å². The molecule has 0 saturated carbocycles. The lowest BCUT2D eigenvalue weighted by atomic mass is 10.1. The van der Waals surface area contributed by atoms with Crippen molar-refractivity contribution in [3.8, 4) is 11.4 Å². The SMILES string of the molecule is Cc1ccccc1-c1noc(C(C)NC(=O)c2nccn2C)n1. The monoisotopic (exact) mass is 311 g/mol. The molecule has 0 saturated heterocycles. The lowest BCUT2D eigenvalue weighted by Gasteiger charge is -2.09. The highest BCUT2D eigenvalue weighted by Crippen LogP contribution is 2.21. The molecule has 0 fully saturated rings. The molecule has 7 nitrogen and oxygen atoms in total. The van der Waals surface area contributed by atoms with Crippen molar-refractivity contribution in [1.82, 2.24) is 25.0 Å². The summed E-state index contributed by atoms with van der Waals surface area (Å²) in [6, 6.07) is 7.38. The van der Waals surface area contributed by atoms with Crippen molar-refractivity contribution >= 4 is 5.91 Å². The zero-order valence-electron chi connectivity index (χ0n) is 13.1. The summed E-state index contributed by atoms with van der Waals surface area (Å²) in [5.41, 5.74) is 1.97. The van der Waals surface area contributed by atoms with E-state index in [1.165, 1.54) is 0 Å². The first-order valence-electron chi connectivity index (χ1n) is 7.24. The van der Waals surface area contributed by atoms with E-state index in [0.29, 0.717) is 17.5 Å². The summed E-state index contributed by atoms with van der Waals surface area (Å²) in [6.07, 6.45) is 3.28. The summed E-state index contributed by atoms with van der Waals surface area (Å²) in [6.45, 7) is 3.77.